The lowest BCUT2D eigenvalue weighted by Crippen LogP contribution is -2.61. The molecule has 0 aromatic heterocycles. The molecule has 4 aliphatic rings. The van der Waals surface area contributed by atoms with Crippen molar-refractivity contribution in [3.63, 3.8) is 0 Å². The topological polar surface area (TPSA) is 144 Å². The number of esters is 1. The number of carbonyl (C=O) groups is 4. The smallest absolute Gasteiger partial charge is 0.316 e. The van der Waals surface area contributed by atoms with Crippen molar-refractivity contribution in [2.75, 3.05) is 18.1 Å². The van der Waals surface area contributed by atoms with E-state index in [0.717, 1.165) is 30.2 Å². The summed E-state index contributed by atoms with van der Waals surface area (Å²) in [4.78, 5) is 48.6. The van der Waals surface area contributed by atoms with E-state index in [2.05, 4.69) is 6.92 Å². The number of hydrogen-bond acceptors (Lipinski definition) is 9. The maximum Gasteiger partial charge on any atom is 0.316 e. The van der Waals surface area contributed by atoms with E-state index in [4.69, 9.17) is 10.5 Å². The lowest BCUT2D eigenvalue weighted by molar-refractivity contribution is -0.181. The second kappa shape index (κ2) is 9.82. The summed E-state index contributed by atoms with van der Waals surface area (Å²) in [6.07, 6.45) is 7.19. The number of aliphatic hydroxyl groups is 2. The van der Waals surface area contributed by atoms with Gasteiger partial charge in [-0.1, -0.05) is 25.5 Å². The first kappa shape index (κ1) is 27.2. The Morgan fingerprint density at radius 1 is 1.28 bits per heavy atom. The summed E-state index contributed by atoms with van der Waals surface area (Å²) in [5.74, 6) is -1.05. The van der Waals surface area contributed by atoms with Crippen LogP contribution in [0.3, 0.4) is 0 Å². The van der Waals surface area contributed by atoms with Crippen molar-refractivity contribution in [2.24, 2.45) is 34.3 Å². The molecule has 0 aliphatic heterocycles. The Bertz CT molecular complexity index is 1020. The number of nitrogens with two attached hydrogens (primary N) is 1. The minimum absolute atomic E-state index is 0.0217. The Morgan fingerprint density at radius 3 is 2.69 bits per heavy atom. The fourth-order valence-electron chi connectivity index (χ4n) is 7.48. The van der Waals surface area contributed by atoms with E-state index >= 15 is 0 Å². The molecule has 4 rings (SSSR count). The molecule has 36 heavy (non-hydrogen) atoms. The van der Waals surface area contributed by atoms with Crippen molar-refractivity contribution >= 4 is 35.1 Å². The first-order valence-corrected chi connectivity index (χ1v) is 13.9. The zero-order valence-corrected chi connectivity index (χ0v) is 22.0. The Hall–Kier alpha value is -1.81. The van der Waals surface area contributed by atoms with E-state index in [-0.39, 0.29) is 53.7 Å². The molecule has 0 aromatic rings. The van der Waals surface area contributed by atoms with Gasteiger partial charge in [-0.2, -0.15) is 0 Å². The SMILES string of the molecule is CC(=O)[C@@H](N)CSCC(=O)OCC(=O)[C@@]1(O)CC[C@H]2[C@@H]3CCC4=CC(=O)C=C[C@]4(C)[C@H]3[C@@H](O)C[C@@]21C. The normalized spacial score (nSPS) is 39.9. The molecule has 8 nitrogen and oxygen atoms in total. The second-order valence-electron chi connectivity index (χ2n) is 11.4. The van der Waals surface area contributed by atoms with Crippen molar-refractivity contribution in [3.05, 3.63) is 23.8 Å². The standard InChI is InChI=1S/C27H37NO7S/c1-15(29)20(28)13-36-14-23(33)35-12-22(32)27(34)9-7-19-18-5-4-16-10-17(30)6-8-25(16,2)24(18)21(31)11-26(19,27)3/h6,8,10,18-21,24,31,34H,4-5,7,9,11-14,28H2,1-3H3/t18-,19-,20-,21-,24+,25-,26-,27-/m0/s1. The third kappa shape index (κ3) is 4.42. The molecular weight excluding hydrogens is 482 g/mol. The predicted molar refractivity (Wildman–Crippen MR) is 135 cm³/mol. The van der Waals surface area contributed by atoms with Gasteiger partial charge in [-0.05, 0) is 63.0 Å². The Labute approximate surface area is 216 Å². The molecule has 198 valence electrons. The van der Waals surface area contributed by atoms with Crippen LogP contribution in [0, 0.1) is 28.6 Å². The number of ketones is 3. The molecule has 4 aliphatic carbocycles. The van der Waals surface area contributed by atoms with Gasteiger partial charge in [-0.25, -0.2) is 0 Å². The van der Waals surface area contributed by atoms with E-state index in [1.165, 1.54) is 6.92 Å². The average Bonchev–Trinajstić information content (AvgIpc) is 3.08. The van der Waals surface area contributed by atoms with E-state index in [1.807, 2.05) is 13.0 Å². The van der Waals surface area contributed by atoms with Gasteiger partial charge in [0.1, 0.15) is 11.4 Å². The number of Topliss-reactive ketones (excluding diaryl/α,β-unsaturated/α-hetero) is 2. The highest BCUT2D eigenvalue weighted by Crippen LogP contribution is 2.67. The highest BCUT2D eigenvalue weighted by molar-refractivity contribution is 8.00. The van der Waals surface area contributed by atoms with Crippen LogP contribution in [0.1, 0.15) is 52.9 Å². The fraction of sp³-hybridized carbons (Fsp3) is 0.704. The number of carbonyl (C=O) groups excluding carboxylic acids is 4. The lowest BCUT2D eigenvalue weighted by atomic mass is 9.46. The van der Waals surface area contributed by atoms with Gasteiger partial charge in [0.15, 0.2) is 12.4 Å². The number of fused-ring (bicyclic) bond motifs is 5. The van der Waals surface area contributed by atoms with Crippen molar-refractivity contribution in [2.45, 2.75) is 70.6 Å². The Morgan fingerprint density at radius 2 is 2.00 bits per heavy atom. The molecule has 0 heterocycles. The van der Waals surface area contributed by atoms with Crippen LogP contribution < -0.4 is 5.73 Å². The molecule has 0 amide bonds. The van der Waals surface area contributed by atoms with E-state index in [1.54, 1.807) is 12.2 Å². The van der Waals surface area contributed by atoms with Crippen molar-refractivity contribution in [1.29, 1.82) is 0 Å². The summed E-state index contributed by atoms with van der Waals surface area (Å²) >= 11 is 1.16. The van der Waals surface area contributed by atoms with Crippen LogP contribution in [0.15, 0.2) is 23.8 Å². The van der Waals surface area contributed by atoms with Crippen LogP contribution in [0.5, 0.6) is 0 Å². The van der Waals surface area contributed by atoms with E-state index in [0.29, 0.717) is 6.42 Å². The average molecular weight is 520 g/mol. The first-order chi connectivity index (χ1) is 16.8. The number of rotatable bonds is 8. The first-order valence-electron chi connectivity index (χ1n) is 12.7. The molecule has 4 N–H and O–H groups in total. The quantitative estimate of drug-likeness (QED) is 0.409. The molecular formula is C27H37NO7S. The molecule has 3 saturated carbocycles. The third-order valence-electron chi connectivity index (χ3n) is 9.51. The molecule has 9 heteroatoms. The van der Waals surface area contributed by atoms with Gasteiger partial charge < -0.3 is 20.7 Å². The van der Waals surface area contributed by atoms with Gasteiger partial charge in [0.2, 0.25) is 5.78 Å². The molecule has 0 unspecified atom stereocenters. The van der Waals surface area contributed by atoms with Crippen LogP contribution in [0.25, 0.3) is 0 Å². The monoisotopic (exact) mass is 519 g/mol. The minimum atomic E-state index is -1.69. The summed E-state index contributed by atoms with van der Waals surface area (Å²) in [7, 11) is 0. The molecule has 3 fully saturated rings. The van der Waals surface area contributed by atoms with Gasteiger partial charge >= 0.3 is 5.97 Å². The van der Waals surface area contributed by atoms with Gasteiger partial charge in [0.05, 0.1) is 17.9 Å². The highest BCUT2D eigenvalue weighted by Gasteiger charge is 2.68. The molecule has 0 radical (unpaired) electrons. The number of ether oxygens (including phenoxy) is 1. The van der Waals surface area contributed by atoms with Crippen LogP contribution in [-0.2, 0) is 23.9 Å². The zero-order valence-electron chi connectivity index (χ0n) is 21.2. The summed E-state index contributed by atoms with van der Waals surface area (Å²) in [5.41, 5.74) is 3.76. The maximum atomic E-state index is 13.3. The molecule has 8 atom stereocenters. The molecule has 0 aromatic carbocycles. The molecule has 0 saturated heterocycles. The summed E-state index contributed by atoms with van der Waals surface area (Å²) in [6.45, 7) is 4.82. The minimum Gasteiger partial charge on any atom is -0.457 e. The Kier molecular flexibility index (Phi) is 7.43. The van der Waals surface area contributed by atoms with Gasteiger partial charge in [0, 0.05) is 22.5 Å². The maximum absolute atomic E-state index is 13.3. The number of allylic oxidation sites excluding steroid dienone is 4. The van der Waals surface area contributed by atoms with Gasteiger partial charge in [0.25, 0.3) is 0 Å². The van der Waals surface area contributed by atoms with Gasteiger partial charge in [-0.3, -0.25) is 19.2 Å². The number of hydrogen-bond donors (Lipinski definition) is 3. The fourth-order valence-corrected chi connectivity index (χ4v) is 8.34. The molecule has 0 spiro atoms. The van der Waals surface area contributed by atoms with Crippen LogP contribution in [0.4, 0.5) is 0 Å². The van der Waals surface area contributed by atoms with Crippen molar-refractivity contribution in [1.82, 2.24) is 0 Å². The zero-order chi connectivity index (χ0) is 26.5. The predicted octanol–water partition coefficient (Wildman–Crippen LogP) is 1.76. The van der Waals surface area contributed by atoms with Crippen LogP contribution in [-0.4, -0.2) is 69.4 Å². The van der Waals surface area contributed by atoms with Crippen molar-refractivity contribution < 1.29 is 34.1 Å². The lowest BCUT2D eigenvalue weighted by Gasteiger charge is -2.59. The Balaban J connectivity index is 1.44. The van der Waals surface area contributed by atoms with E-state index < -0.39 is 46.9 Å². The van der Waals surface area contributed by atoms with Gasteiger partial charge in [-0.15, -0.1) is 11.8 Å². The van der Waals surface area contributed by atoms with Crippen LogP contribution in [0.2, 0.25) is 0 Å². The van der Waals surface area contributed by atoms with E-state index in [9.17, 15) is 29.4 Å². The molecule has 0 bridgehead atoms. The third-order valence-corrected chi connectivity index (χ3v) is 10.5. The largest absolute Gasteiger partial charge is 0.457 e. The second-order valence-corrected chi connectivity index (χ2v) is 12.5. The highest BCUT2D eigenvalue weighted by atomic mass is 32.2. The summed E-state index contributed by atoms with van der Waals surface area (Å²) < 4.78 is 5.17. The number of aliphatic hydroxyl groups excluding tert-OH is 1. The number of thioether (sulfide) groups is 1. The van der Waals surface area contributed by atoms with Crippen LogP contribution >= 0.6 is 11.8 Å². The van der Waals surface area contributed by atoms with Crippen molar-refractivity contribution in [3.8, 4) is 0 Å². The summed E-state index contributed by atoms with van der Waals surface area (Å²) in [5, 5.41) is 23.1. The summed E-state index contributed by atoms with van der Waals surface area (Å²) in [6, 6.07) is -0.653.